The monoisotopic (exact) mass is 217 g/mol. The first-order valence-corrected chi connectivity index (χ1v) is 5.10. The van der Waals surface area contributed by atoms with E-state index < -0.39 is 0 Å². The molecule has 0 bridgehead atoms. The first-order chi connectivity index (χ1) is 7.47. The molecule has 1 aromatic heterocycles. The molecule has 0 atom stereocenters. The third kappa shape index (κ3) is 2.09. The minimum atomic E-state index is -0.325. The normalized spacial score (nSPS) is 11.8. The first kappa shape index (κ1) is 10.8. The lowest BCUT2D eigenvalue weighted by Crippen LogP contribution is -2.28. The Morgan fingerprint density at radius 3 is 2.25 bits per heavy atom. The number of rotatable bonds is 2. The van der Waals surface area contributed by atoms with Crippen molar-refractivity contribution in [2.45, 2.75) is 19.4 Å². The van der Waals surface area contributed by atoms with Crippen LogP contribution in [-0.4, -0.2) is 20.2 Å². The van der Waals surface area contributed by atoms with Gasteiger partial charge in [-0.25, -0.2) is 0 Å². The van der Waals surface area contributed by atoms with Gasteiger partial charge in [-0.15, -0.1) is 10.2 Å². The Morgan fingerprint density at radius 1 is 1.19 bits per heavy atom. The highest BCUT2D eigenvalue weighted by Crippen LogP contribution is 2.20. The van der Waals surface area contributed by atoms with Crippen LogP contribution in [0.4, 0.5) is 0 Å². The number of hydrogen-bond donors (Lipinski definition) is 1. The highest BCUT2D eigenvalue weighted by atomic mass is 15.6. The van der Waals surface area contributed by atoms with E-state index in [9.17, 15) is 0 Å². The summed E-state index contributed by atoms with van der Waals surface area (Å²) in [7, 11) is 1.74. The third-order valence-corrected chi connectivity index (χ3v) is 2.40. The van der Waals surface area contributed by atoms with Gasteiger partial charge in [0.25, 0.3) is 0 Å². The van der Waals surface area contributed by atoms with Crippen molar-refractivity contribution < 1.29 is 0 Å². The maximum Gasteiger partial charge on any atom is 0.204 e. The number of hydrogen-bond acceptors (Lipinski definition) is 4. The van der Waals surface area contributed by atoms with E-state index in [0.29, 0.717) is 5.82 Å². The molecular weight excluding hydrogens is 202 g/mol. The van der Waals surface area contributed by atoms with Gasteiger partial charge in [-0.2, -0.15) is 4.80 Å². The standard InChI is InChI=1S/C11H15N5/c1-11(2,12)9-6-4-8(5-7-9)10-13-15-16(3)14-10/h4-7H,12H2,1-3H3. The number of tetrazole rings is 1. The zero-order valence-corrected chi connectivity index (χ0v) is 9.68. The third-order valence-electron chi connectivity index (χ3n) is 2.40. The Balaban J connectivity index is 2.33. The average Bonchev–Trinajstić information content (AvgIpc) is 2.64. The predicted octanol–water partition coefficient (Wildman–Crippen LogP) is 1.07. The molecule has 0 fully saturated rings. The van der Waals surface area contributed by atoms with Crippen LogP contribution < -0.4 is 5.73 Å². The van der Waals surface area contributed by atoms with Gasteiger partial charge in [0.1, 0.15) is 0 Å². The maximum atomic E-state index is 6.00. The lowest BCUT2D eigenvalue weighted by atomic mass is 9.95. The summed E-state index contributed by atoms with van der Waals surface area (Å²) >= 11 is 0. The minimum absolute atomic E-state index is 0.325. The molecule has 0 spiro atoms. The minimum Gasteiger partial charge on any atom is -0.322 e. The summed E-state index contributed by atoms with van der Waals surface area (Å²) in [5, 5.41) is 11.9. The summed E-state index contributed by atoms with van der Waals surface area (Å²) < 4.78 is 0. The van der Waals surface area contributed by atoms with Crippen LogP contribution >= 0.6 is 0 Å². The molecule has 16 heavy (non-hydrogen) atoms. The summed E-state index contributed by atoms with van der Waals surface area (Å²) in [6.45, 7) is 3.95. The molecule has 0 aliphatic heterocycles. The van der Waals surface area contributed by atoms with Crippen LogP contribution in [0.5, 0.6) is 0 Å². The largest absolute Gasteiger partial charge is 0.322 e. The Morgan fingerprint density at radius 2 is 1.81 bits per heavy atom. The van der Waals surface area contributed by atoms with Crippen LogP contribution in [-0.2, 0) is 12.6 Å². The zero-order valence-electron chi connectivity index (χ0n) is 9.68. The average molecular weight is 217 g/mol. The van der Waals surface area contributed by atoms with E-state index in [0.717, 1.165) is 11.1 Å². The number of benzene rings is 1. The van der Waals surface area contributed by atoms with E-state index in [1.165, 1.54) is 4.80 Å². The molecule has 5 heteroatoms. The van der Waals surface area contributed by atoms with Gasteiger partial charge in [0.2, 0.25) is 5.82 Å². The van der Waals surface area contributed by atoms with Crippen molar-refractivity contribution >= 4 is 0 Å². The molecule has 0 aliphatic rings. The van der Waals surface area contributed by atoms with Crippen molar-refractivity contribution in [2.75, 3.05) is 0 Å². The van der Waals surface area contributed by atoms with Crippen LogP contribution in [0.15, 0.2) is 24.3 Å². The van der Waals surface area contributed by atoms with Crippen molar-refractivity contribution in [3.05, 3.63) is 29.8 Å². The number of aryl methyl sites for hydroxylation is 1. The summed E-state index contributed by atoms with van der Waals surface area (Å²) in [5.74, 6) is 0.629. The lowest BCUT2D eigenvalue weighted by Gasteiger charge is -2.18. The number of nitrogens with two attached hydrogens (primary N) is 1. The van der Waals surface area contributed by atoms with Crippen LogP contribution in [0, 0.1) is 0 Å². The zero-order chi connectivity index (χ0) is 11.8. The van der Waals surface area contributed by atoms with E-state index in [4.69, 9.17) is 5.73 Å². The van der Waals surface area contributed by atoms with Gasteiger partial charge in [0, 0.05) is 11.1 Å². The van der Waals surface area contributed by atoms with Gasteiger partial charge in [0.15, 0.2) is 0 Å². The quantitative estimate of drug-likeness (QED) is 0.817. The second-order valence-corrected chi connectivity index (χ2v) is 4.40. The lowest BCUT2D eigenvalue weighted by molar-refractivity contribution is 0.554. The fourth-order valence-electron chi connectivity index (χ4n) is 1.45. The smallest absolute Gasteiger partial charge is 0.204 e. The molecule has 2 aromatic rings. The van der Waals surface area contributed by atoms with Gasteiger partial charge in [-0.3, -0.25) is 0 Å². The Hall–Kier alpha value is -1.75. The van der Waals surface area contributed by atoms with Crippen LogP contribution in [0.3, 0.4) is 0 Å². The van der Waals surface area contributed by atoms with Crippen molar-refractivity contribution in [2.24, 2.45) is 12.8 Å². The van der Waals surface area contributed by atoms with Gasteiger partial charge in [-0.1, -0.05) is 24.3 Å². The summed E-state index contributed by atoms with van der Waals surface area (Å²) in [4.78, 5) is 1.44. The molecular formula is C11H15N5. The Labute approximate surface area is 94.3 Å². The predicted molar refractivity (Wildman–Crippen MR) is 61.4 cm³/mol. The van der Waals surface area contributed by atoms with Crippen molar-refractivity contribution in [1.29, 1.82) is 0 Å². The van der Waals surface area contributed by atoms with E-state index in [-0.39, 0.29) is 5.54 Å². The maximum absolute atomic E-state index is 6.00. The van der Waals surface area contributed by atoms with Crippen molar-refractivity contribution in [3.8, 4) is 11.4 Å². The van der Waals surface area contributed by atoms with Gasteiger partial charge in [-0.05, 0) is 24.6 Å². The Bertz CT molecular complexity index is 478. The highest BCUT2D eigenvalue weighted by Gasteiger charge is 2.14. The van der Waals surface area contributed by atoms with Gasteiger partial charge >= 0.3 is 0 Å². The van der Waals surface area contributed by atoms with Crippen LogP contribution in [0.2, 0.25) is 0 Å². The molecule has 0 radical (unpaired) electrons. The molecule has 0 saturated heterocycles. The first-order valence-electron chi connectivity index (χ1n) is 5.10. The fourth-order valence-corrected chi connectivity index (χ4v) is 1.45. The van der Waals surface area contributed by atoms with Crippen LogP contribution in [0.25, 0.3) is 11.4 Å². The van der Waals surface area contributed by atoms with E-state index in [1.54, 1.807) is 7.05 Å². The molecule has 5 nitrogen and oxygen atoms in total. The van der Waals surface area contributed by atoms with E-state index in [2.05, 4.69) is 15.4 Å². The molecule has 2 N–H and O–H groups in total. The summed E-state index contributed by atoms with van der Waals surface area (Å²) in [6.07, 6.45) is 0. The Kier molecular flexibility index (Phi) is 2.47. The van der Waals surface area contributed by atoms with E-state index in [1.807, 2.05) is 38.1 Å². The summed E-state index contributed by atoms with van der Waals surface area (Å²) in [5.41, 5.74) is 7.71. The van der Waals surface area contributed by atoms with Crippen LogP contribution in [0.1, 0.15) is 19.4 Å². The molecule has 1 aromatic carbocycles. The highest BCUT2D eigenvalue weighted by molar-refractivity contribution is 5.54. The topological polar surface area (TPSA) is 69.6 Å². The number of nitrogens with zero attached hydrogens (tertiary/aromatic N) is 4. The molecule has 0 unspecified atom stereocenters. The van der Waals surface area contributed by atoms with Gasteiger partial charge in [0.05, 0.1) is 7.05 Å². The molecule has 1 heterocycles. The molecule has 0 aliphatic carbocycles. The van der Waals surface area contributed by atoms with E-state index >= 15 is 0 Å². The molecule has 0 saturated carbocycles. The van der Waals surface area contributed by atoms with Gasteiger partial charge < -0.3 is 5.73 Å². The SMILES string of the molecule is Cn1nnc(-c2ccc(C(C)(C)N)cc2)n1. The summed E-state index contributed by atoms with van der Waals surface area (Å²) in [6, 6.07) is 7.90. The molecule has 0 amide bonds. The van der Waals surface area contributed by atoms with Crippen molar-refractivity contribution in [1.82, 2.24) is 20.2 Å². The second kappa shape index (κ2) is 3.68. The van der Waals surface area contributed by atoms with Crippen molar-refractivity contribution in [3.63, 3.8) is 0 Å². The second-order valence-electron chi connectivity index (χ2n) is 4.40. The molecule has 84 valence electrons. The number of aromatic nitrogens is 4. The molecule has 2 rings (SSSR count). The fraction of sp³-hybridized carbons (Fsp3) is 0.364.